The van der Waals surface area contributed by atoms with Gasteiger partial charge in [-0.05, 0) is 50.5 Å². The van der Waals surface area contributed by atoms with E-state index in [2.05, 4.69) is 30.7 Å². The highest BCUT2D eigenvalue weighted by atomic mass is 16.5. The summed E-state index contributed by atoms with van der Waals surface area (Å²) in [7, 11) is 0. The van der Waals surface area contributed by atoms with Gasteiger partial charge in [0.2, 0.25) is 0 Å². The topological polar surface area (TPSA) is 44.2 Å². The molecule has 0 N–H and O–H groups in total. The Morgan fingerprint density at radius 3 is 2.24 bits per heavy atom. The first-order chi connectivity index (χ1) is 12.2. The smallest absolute Gasteiger partial charge is 0.159 e. The van der Waals surface area contributed by atoms with Gasteiger partial charge in [0.05, 0.1) is 25.1 Å². The van der Waals surface area contributed by atoms with E-state index < -0.39 is 0 Å². The fraction of sp³-hybridized carbons (Fsp3) is 0.524. The molecule has 4 nitrogen and oxygen atoms in total. The molecule has 0 aliphatic rings. The van der Waals surface area contributed by atoms with Crippen LogP contribution in [0.15, 0.2) is 36.7 Å². The molecule has 4 heteroatoms. The first-order valence-electron chi connectivity index (χ1n) is 9.44. The van der Waals surface area contributed by atoms with Gasteiger partial charge in [-0.3, -0.25) is 0 Å². The molecule has 0 aliphatic heterocycles. The third-order valence-electron chi connectivity index (χ3n) is 4.01. The number of benzene rings is 1. The van der Waals surface area contributed by atoms with E-state index in [-0.39, 0.29) is 6.10 Å². The van der Waals surface area contributed by atoms with E-state index in [0.717, 1.165) is 24.2 Å². The van der Waals surface area contributed by atoms with Crippen molar-refractivity contribution >= 4 is 0 Å². The highest BCUT2D eigenvalue weighted by Crippen LogP contribution is 2.22. The third-order valence-corrected chi connectivity index (χ3v) is 4.01. The molecule has 0 spiro atoms. The van der Waals surface area contributed by atoms with Crippen molar-refractivity contribution in [3.63, 3.8) is 0 Å². The Bertz CT molecular complexity index is 596. The number of aromatic nitrogens is 2. The van der Waals surface area contributed by atoms with Gasteiger partial charge in [-0.15, -0.1) is 0 Å². The first kappa shape index (κ1) is 19.2. The molecule has 0 amide bonds. The van der Waals surface area contributed by atoms with E-state index >= 15 is 0 Å². The Morgan fingerprint density at radius 2 is 1.60 bits per heavy atom. The minimum atomic E-state index is 0.244. The molecule has 0 saturated heterocycles. The summed E-state index contributed by atoms with van der Waals surface area (Å²) >= 11 is 0. The maximum absolute atomic E-state index is 5.99. The monoisotopic (exact) mass is 342 g/mol. The quantitative estimate of drug-likeness (QED) is 0.493. The van der Waals surface area contributed by atoms with Crippen LogP contribution in [-0.4, -0.2) is 22.7 Å². The van der Waals surface area contributed by atoms with Crippen LogP contribution in [0.3, 0.4) is 0 Å². The van der Waals surface area contributed by atoms with Crippen LogP contribution in [0.5, 0.6) is 11.5 Å². The summed E-state index contributed by atoms with van der Waals surface area (Å²) in [6, 6.07) is 7.98. The lowest BCUT2D eigenvalue weighted by atomic mass is 10.1. The van der Waals surface area contributed by atoms with Crippen LogP contribution >= 0.6 is 0 Å². The molecule has 25 heavy (non-hydrogen) atoms. The van der Waals surface area contributed by atoms with Crippen LogP contribution in [-0.2, 0) is 0 Å². The lowest BCUT2D eigenvalue weighted by Gasteiger charge is -2.14. The van der Waals surface area contributed by atoms with Gasteiger partial charge in [-0.25, -0.2) is 9.97 Å². The van der Waals surface area contributed by atoms with Crippen molar-refractivity contribution in [3.05, 3.63) is 36.7 Å². The predicted octanol–water partition coefficient (Wildman–Crippen LogP) is 5.67. The van der Waals surface area contributed by atoms with Gasteiger partial charge >= 0.3 is 0 Å². The molecule has 1 unspecified atom stereocenters. The summed E-state index contributed by atoms with van der Waals surface area (Å²) in [6.45, 7) is 7.13. The zero-order chi connectivity index (χ0) is 17.9. The maximum atomic E-state index is 5.99. The van der Waals surface area contributed by atoms with Gasteiger partial charge in [0.25, 0.3) is 0 Å². The van der Waals surface area contributed by atoms with Crippen LogP contribution < -0.4 is 9.47 Å². The Hall–Kier alpha value is -2.10. The van der Waals surface area contributed by atoms with Crippen LogP contribution in [0.2, 0.25) is 0 Å². The van der Waals surface area contributed by atoms with Gasteiger partial charge in [0.1, 0.15) is 5.75 Å². The fourth-order valence-corrected chi connectivity index (χ4v) is 2.59. The number of hydrogen-bond donors (Lipinski definition) is 0. The SMILES string of the molecule is CCCCCCC(C)Oc1ccc(-c2ncc(OCCC)cn2)cc1. The van der Waals surface area contributed by atoms with Crippen molar-refractivity contribution < 1.29 is 9.47 Å². The van der Waals surface area contributed by atoms with E-state index in [0.29, 0.717) is 18.2 Å². The largest absolute Gasteiger partial charge is 0.491 e. The van der Waals surface area contributed by atoms with Crippen LogP contribution in [0.1, 0.15) is 59.3 Å². The van der Waals surface area contributed by atoms with Crippen LogP contribution in [0, 0.1) is 0 Å². The van der Waals surface area contributed by atoms with Crippen molar-refractivity contribution in [2.24, 2.45) is 0 Å². The highest BCUT2D eigenvalue weighted by Gasteiger charge is 2.06. The van der Waals surface area contributed by atoms with Gasteiger partial charge in [0, 0.05) is 5.56 Å². The Morgan fingerprint density at radius 1 is 0.880 bits per heavy atom. The molecule has 0 saturated carbocycles. The maximum Gasteiger partial charge on any atom is 0.159 e. The second-order valence-electron chi connectivity index (χ2n) is 6.39. The Balaban J connectivity index is 1.86. The molecular formula is C21H30N2O2. The molecule has 1 aromatic carbocycles. The van der Waals surface area contributed by atoms with E-state index in [1.165, 1.54) is 25.7 Å². The lowest BCUT2D eigenvalue weighted by Crippen LogP contribution is -2.11. The first-order valence-corrected chi connectivity index (χ1v) is 9.44. The average molecular weight is 342 g/mol. The Labute approximate surface area is 151 Å². The van der Waals surface area contributed by atoms with Gasteiger partial charge < -0.3 is 9.47 Å². The molecular weight excluding hydrogens is 312 g/mol. The van der Waals surface area contributed by atoms with Crippen molar-refractivity contribution in [2.75, 3.05) is 6.61 Å². The molecule has 1 atom stereocenters. The van der Waals surface area contributed by atoms with Crippen LogP contribution in [0.4, 0.5) is 0 Å². The van der Waals surface area contributed by atoms with E-state index in [9.17, 15) is 0 Å². The summed E-state index contributed by atoms with van der Waals surface area (Å²) in [6.07, 6.45) is 10.9. The van der Waals surface area contributed by atoms with E-state index in [4.69, 9.17) is 9.47 Å². The second-order valence-corrected chi connectivity index (χ2v) is 6.39. The minimum absolute atomic E-state index is 0.244. The summed E-state index contributed by atoms with van der Waals surface area (Å²) in [5.41, 5.74) is 0.977. The molecule has 0 radical (unpaired) electrons. The molecule has 1 heterocycles. The van der Waals surface area contributed by atoms with Gasteiger partial charge in [-0.2, -0.15) is 0 Å². The van der Waals surface area contributed by atoms with Crippen LogP contribution in [0.25, 0.3) is 11.4 Å². The van der Waals surface area contributed by atoms with E-state index in [1.54, 1.807) is 12.4 Å². The van der Waals surface area contributed by atoms with Crippen molar-refractivity contribution in [2.45, 2.75) is 65.4 Å². The molecule has 1 aromatic heterocycles. The number of nitrogens with zero attached hydrogens (tertiary/aromatic N) is 2. The summed E-state index contributed by atoms with van der Waals surface area (Å²) < 4.78 is 11.5. The number of rotatable bonds is 11. The molecule has 0 bridgehead atoms. The summed E-state index contributed by atoms with van der Waals surface area (Å²) in [4.78, 5) is 8.75. The molecule has 136 valence electrons. The van der Waals surface area contributed by atoms with Crippen molar-refractivity contribution in [1.82, 2.24) is 9.97 Å². The van der Waals surface area contributed by atoms with Gasteiger partial charge in [0.15, 0.2) is 11.6 Å². The molecule has 2 aromatic rings. The minimum Gasteiger partial charge on any atom is -0.491 e. The van der Waals surface area contributed by atoms with E-state index in [1.807, 2.05) is 24.3 Å². The zero-order valence-electron chi connectivity index (χ0n) is 15.7. The zero-order valence-corrected chi connectivity index (χ0v) is 15.7. The van der Waals surface area contributed by atoms with Gasteiger partial charge in [-0.1, -0.05) is 33.1 Å². The highest BCUT2D eigenvalue weighted by molar-refractivity contribution is 5.56. The lowest BCUT2D eigenvalue weighted by molar-refractivity contribution is 0.206. The summed E-state index contributed by atoms with van der Waals surface area (Å²) in [5, 5.41) is 0. The summed E-state index contributed by atoms with van der Waals surface area (Å²) in [5.74, 6) is 2.31. The molecule has 0 aliphatic carbocycles. The molecule has 0 fully saturated rings. The normalized spacial score (nSPS) is 12.0. The van der Waals surface area contributed by atoms with Crippen molar-refractivity contribution in [1.29, 1.82) is 0 Å². The number of ether oxygens (including phenoxy) is 2. The second kappa shape index (κ2) is 10.7. The van der Waals surface area contributed by atoms with Crippen molar-refractivity contribution in [3.8, 4) is 22.9 Å². The fourth-order valence-electron chi connectivity index (χ4n) is 2.59. The standard InChI is InChI=1S/C21H30N2O2/c1-4-6-7-8-9-17(3)25-19-12-10-18(11-13-19)21-22-15-20(16-23-21)24-14-5-2/h10-13,15-17H,4-9,14H2,1-3H3. The number of hydrogen-bond acceptors (Lipinski definition) is 4. The third kappa shape index (κ3) is 6.73. The Kier molecular flexibility index (Phi) is 8.23. The average Bonchev–Trinajstić information content (AvgIpc) is 2.65. The molecule has 2 rings (SSSR count). The predicted molar refractivity (Wildman–Crippen MR) is 102 cm³/mol. The number of unbranched alkanes of at least 4 members (excludes halogenated alkanes) is 3.